The van der Waals surface area contributed by atoms with Gasteiger partial charge in [0.25, 0.3) is 0 Å². The number of benzene rings is 2. The molecule has 0 saturated heterocycles. The Morgan fingerprint density at radius 1 is 1.00 bits per heavy atom. The quantitative estimate of drug-likeness (QED) is 0.540. The standard InChI is InChI=1S/C14H9ClF3N2O.C3H6.Y/c15-11-3-1-2-4-12(11)20-13-7-10(21-14(16,17)18)6-5-9(13)8-19-20;1-2-3-1;/h1-7H,8H2;1-3H2;/q-1;;. The number of ether oxygens (including phenoxy) is 1. The molecule has 1 saturated carbocycles. The summed E-state index contributed by atoms with van der Waals surface area (Å²) < 4.78 is 40.8. The van der Waals surface area contributed by atoms with Gasteiger partial charge in [-0.25, -0.2) is 0 Å². The van der Waals surface area contributed by atoms with Crippen molar-refractivity contribution in [3.8, 4) is 5.75 Å². The van der Waals surface area contributed by atoms with Crippen molar-refractivity contribution in [2.75, 3.05) is 5.01 Å². The monoisotopic (exact) mass is 444 g/mol. The molecule has 0 atom stereocenters. The topological polar surface area (TPSA) is 26.6 Å². The molecule has 4 rings (SSSR count). The van der Waals surface area contributed by atoms with Crippen LogP contribution in [-0.2, 0) is 39.3 Å². The average Bonchev–Trinajstić information content (AvgIpc) is 3.34. The van der Waals surface area contributed by atoms with Gasteiger partial charge in [0.2, 0.25) is 0 Å². The molecule has 8 heteroatoms. The van der Waals surface area contributed by atoms with Gasteiger partial charge < -0.3 is 15.2 Å². The van der Waals surface area contributed by atoms with E-state index in [1.807, 2.05) is 0 Å². The van der Waals surface area contributed by atoms with Crippen molar-refractivity contribution < 1.29 is 50.6 Å². The minimum atomic E-state index is -4.72. The molecule has 0 bridgehead atoms. The molecule has 1 aliphatic heterocycles. The van der Waals surface area contributed by atoms with Gasteiger partial charge in [0.05, 0.1) is 5.02 Å². The zero-order valence-corrected chi connectivity index (χ0v) is 16.9. The van der Waals surface area contributed by atoms with Gasteiger partial charge >= 0.3 is 6.36 Å². The van der Waals surface area contributed by atoms with Gasteiger partial charge in [0.1, 0.15) is 5.75 Å². The number of rotatable bonds is 2. The predicted molar refractivity (Wildman–Crippen MR) is 87.6 cm³/mol. The summed E-state index contributed by atoms with van der Waals surface area (Å²) in [5.41, 5.74) is 6.24. The van der Waals surface area contributed by atoms with Gasteiger partial charge in [0.15, 0.2) is 0 Å². The third-order valence-corrected chi connectivity index (χ3v) is 3.65. The van der Waals surface area contributed by atoms with Crippen LogP contribution in [0, 0.1) is 0 Å². The summed E-state index contributed by atoms with van der Waals surface area (Å²) in [6.07, 6.45) is -0.223. The fourth-order valence-corrected chi connectivity index (χ4v) is 2.34. The van der Waals surface area contributed by atoms with Crippen LogP contribution in [0.5, 0.6) is 5.75 Å². The molecule has 0 unspecified atom stereocenters. The molecule has 0 amide bonds. The fraction of sp³-hybridized carbons (Fsp3) is 0.294. The number of alkyl halides is 3. The molecule has 25 heavy (non-hydrogen) atoms. The van der Waals surface area contributed by atoms with Crippen LogP contribution >= 0.6 is 11.6 Å². The second-order valence-corrected chi connectivity index (χ2v) is 5.87. The van der Waals surface area contributed by atoms with Crippen LogP contribution in [0.1, 0.15) is 24.8 Å². The third kappa shape index (κ3) is 5.85. The molecule has 131 valence electrons. The van der Waals surface area contributed by atoms with E-state index < -0.39 is 6.36 Å². The number of fused-ring (bicyclic) bond motifs is 1. The van der Waals surface area contributed by atoms with E-state index in [4.69, 9.17) is 11.6 Å². The summed E-state index contributed by atoms with van der Waals surface area (Å²) in [5.74, 6) is -0.282. The second-order valence-electron chi connectivity index (χ2n) is 5.46. The number of hydrogen-bond acceptors (Lipinski definition) is 2. The SMILES string of the molecule is C1CC1.FC(F)(F)Oc1ccc2c(c1)N(c1ccccc1Cl)[N-]C2.[Y]. The van der Waals surface area contributed by atoms with Crippen LogP contribution in [0.2, 0.25) is 5.02 Å². The van der Waals surface area contributed by atoms with Crippen LogP contribution in [-0.4, -0.2) is 6.36 Å². The molecule has 2 aromatic rings. The first-order chi connectivity index (χ1) is 11.4. The number of nitrogens with zero attached hydrogens (tertiary/aromatic N) is 2. The van der Waals surface area contributed by atoms with Crippen molar-refractivity contribution in [2.24, 2.45) is 0 Å². The van der Waals surface area contributed by atoms with Crippen molar-refractivity contribution in [2.45, 2.75) is 32.2 Å². The Kier molecular flexibility index (Phi) is 7.14. The van der Waals surface area contributed by atoms with E-state index in [-0.39, 0.29) is 38.5 Å². The van der Waals surface area contributed by atoms with Crippen LogP contribution in [0.25, 0.3) is 5.43 Å². The van der Waals surface area contributed by atoms with Gasteiger partial charge in [0, 0.05) is 50.2 Å². The Labute approximate surface area is 174 Å². The second kappa shape index (κ2) is 8.71. The van der Waals surface area contributed by atoms with E-state index in [1.54, 1.807) is 30.3 Å². The van der Waals surface area contributed by atoms with Gasteiger partial charge in [-0.05, 0) is 23.8 Å². The Hall–Kier alpha value is -0.816. The van der Waals surface area contributed by atoms with Crippen LogP contribution in [0.4, 0.5) is 24.5 Å². The summed E-state index contributed by atoms with van der Waals surface area (Å²) in [5, 5.41) is 2.00. The minimum absolute atomic E-state index is 0. The predicted octanol–water partition coefficient (Wildman–Crippen LogP) is 6.35. The Morgan fingerprint density at radius 2 is 1.68 bits per heavy atom. The zero-order chi connectivity index (χ0) is 17.2. The smallest absolute Gasteiger partial charge is 0.559 e. The molecule has 1 radical (unpaired) electrons. The van der Waals surface area contributed by atoms with Crippen molar-refractivity contribution >= 4 is 23.0 Å². The van der Waals surface area contributed by atoms with E-state index in [9.17, 15) is 13.2 Å². The minimum Gasteiger partial charge on any atom is -0.559 e. The number of anilines is 2. The first-order valence-electron chi connectivity index (χ1n) is 7.55. The molecule has 3 nitrogen and oxygen atoms in total. The molecule has 2 aromatic carbocycles. The number of para-hydroxylation sites is 1. The van der Waals surface area contributed by atoms with Gasteiger partial charge in [-0.2, -0.15) is 0 Å². The number of halogens is 4. The molecule has 2 aliphatic rings. The summed E-state index contributed by atoms with van der Waals surface area (Å²) in [7, 11) is 0. The maximum absolute atomic E-state index is 12.3. The normalized spacial score (nSPS) is 14.8. The van der Waals surface area contributed by atoms with Gasteiger partial charge in [-0.1, -0.05) is 49.1 Å². The van der Waals surface area contributed by atoms with Crippen molar-refractivity contribution in [3.05, 3.63) is 58.5 Å². The Morgan fingerprint density at radius 3 is 2.28 bits per heavy atom. The molecule has 1 fully saturated rings. The van der Waals surface area contributed by atoms with Gasteiger partial charge in [-0.15, -0.1) is 19.7 Å². The first-order valence-corrected chi connectivity index (χ1v) is 7.92. The van der Waals surface area contributed by atoms with Crippen LogP contribution < -0.4 is 9.75 Å². The Balaban J connectivity index is 0.000000510. The molecular weight excluding hydrogens is 430 g/mol. The van der Waals surface area contributed by atoms with Crippen LogP contribution in [0.3, 0.4) is 0 Å². The Bertz CT molecular complexity index is 723. The van der Waals surface area contributed by atoms with E-state index in [2.05, 4.69) is 10.2 Å². The first kappa shape index (κ1) is 20.5. The van der Waals surface area contributed by atoms with Crippen molar-refractivity contribution in [3.63, 3.8) is 0 Å². The molecule has 0 spiro atoms. The molecule has 1 heterocycles. The fourth-order valence-electron chi connectivity index (χ4n) is 2.12. The maximum atomic E-state index is 12.3. The third-order valence-electron chi connectivity index (χ3n) is 3.34. The van der Waals surface area contributed by atoms with E-state index >= 15 is 0 Å². The van der Waals surface area contributed by atoms with E-state index in [0.717, 1.165) is 5.56 Å². The summed E-state index contributed by atoms with van der Waals surface area (Å²) >= 11 is 6.10. The van der Waals surface area contributed by atoms with Crippen LogP contribution in [0.15, 0.2) is 42.5 Å². The van der Waals surface area contributed by atoms with Crippen molar-refractivity contribution in [1.82, 2.24) is 0 Å². The summed E-state index contributed by atoms with van der Waals surface area (Å²) in [6.45, 7) is 0.382. The molecule has 1 aliphatic carbocycles. The summed E-state index contributed by atoms with van der Waals surface area (Å²) in [4.78, 5) is 0. The van der Waals surface area contributed by atoms with Gasteiger partial charge in [-0.3, -0.25) is 0 Å². The molecule has 0 N–H and O–H groups in total. The van der Waals surface area contributed by atoms with E-state index in [0.29, 0.717) is 22.9 Å². The molecular formula is C17H15ClF3N2OY-. The average molecular weight is 445 g/mol. The summed E-state index contributed by atoms with van der Waals surface area (Å²) in [6, 6.07) is 11.1. The number of hydrogen-bond donors (Lipinski definition) is 0. The van der Waals surface area contributed by atoms with Crippen molar-refractivity contribution in [1.29, 1.82) is 0 Å². The largest absolute Gasteiger partial charge is 0.573 e. The molecule has 0 aromatic heterocycles. The maximum Gasteiger partial charge on any atom is 0.573 e. The zero-order valence-electron chi connectivity index (χ0n) is 13.3. The van der Waals surface area contributed by atoms with E-state index in [1.165, 1.54) is 36.4 Å².